The molecule has 2 aromatic carbocycles. The largest absolute Gasteiger partial charge is 0.495 e. The molecule has 1 unspecified atom stereocenters. The highest BCUT2D eigenvalue weighted by Gasteiger charge is 2.29. The predicted molar refractivity (Wildman–Crippen MR) is 114 cm³/mol. The Labute approximate surface area is 176 Å². The Morgan fingerprint density at radius 2 is 1.86 bits per heavy atom. The first-order valence-electron chi connectivity index (χ1n) is 8.93. The van der Waals surface area contributed by atoms with E-state index < -0.39 is 22.0 Å². The molecular formula is C20H25ClN2O5S. The van der Waals surface area contributed by atoms with Crippen molar-refractivity contribution < 1.29 is 22.7 Å². The maximum absolute atomic E-state index is 12.5. The van der Waals surface area contributed by atoms with E-state index in [-0.39, 0.29) is 23.9 Å². The third kappa shape index (κ3) is 6.27. The maximum Gasteiger partial charge on any atom is 0.243 e. The van der Waals surface area contributed by atoms with E-state index >= 15 is 0 Å². The molecule has 0 saturated heterocycles. The van der Waals surface area contributed by atoms with Crippen molar-refractivity contribution in [3.05, 3.63) is 53.1 Å². The van der Waals surface area contributed by atoms with Gasteiger partial charge in [0.25, 0.3) is 0 Å². The van der Waals surface area contributed by atoms with Gasteiger partial charge >= 0.3 is 0 Å². The van der Waals surface area contributed by atoms with Crippen LogP contribution in [0.4, 0.5) is 5.69 Å². The van der Waals surface area contributed by atoms with E-state index in [1.165, 1.54) is 26.2 Å². The second kappa shape index (κ2) is 9.84. The van der Waals surface area contributed by atoms with E-state index in [1.54, 1.807) is 6.07 Å². The minimum absolute atomic E-state index is 0.234. The Morgan fingerprint density at radius 3 is 2.41 bits per heavy atom. The molecule has 0 bridgehead atoms. The molecule has 0 saturated carbocycles. The average Bonchev–Trinajstić information content (AvgIpc) is 2.65. The van der Waals surface area contributed by atoms with Crippen molar-refractivity contribution in [2.75, 3.05) is 30.8 Å². The van der Waals surface area contributed by atoms with Crippen LogP contribution in [0.1, 0.15) is 12.5 Å². The number of anilines is 1. The zero-order valence-corrected chi connectivity index (χ0v) is 18.4. The molecule has 9 heteroatoms. The maximum atomic E-state index is 12.5. The first-order valence-corrected chi connectivity index (χ1v) is 11.2. The van der Waals surface area contributed by atoms with Gasteiger partial charge < -0.3 is 14.8 Å². The highest BCUT2D eigenvalue weighted by atomic mass is 35.5. The number of nitrogens with zero attached hydrogens (tertiary/aromatic N) is 1. The van der Waals surface area contributed by atoms with E-state index in [1.807, 2.05) is 31.2 Å². The standard InChI is InChI=1S/C20H25ClN2O5S/c1-14-5-8-17(9-6-14)28-12-11-22-20(24)15(2)23(29(4,25)26)16-7-10-19(27-3)18(21)13-16/h5-10,13,15H,11-12H2,1-4H3,(H,22,24). The number of halogens is 1. The number of methoxy groups -OCH3 is 1. The van der Waals surface area contributed by atoms with Gasteiger partial charge in [0.2, 0.25) is 15.9 Å². The zero-order valence-electron chi connectivity index (χ0n) is 16.8. The fourth-order valence-corrected chi connectivity index (χ4v) is 4.15. The van der Waals surface area contributed by atoms with Crippen molar-refractivity contribution in [3.8, 4) is 11.5 Å². The third-order valence-corrected chi connectivity index (χ3v) is 5.71. The Kier molecular flexibility index (Phi) is 7.75. The summed E-state index contributed by atoms with van der Waals surface area (Å²) in [6.45, 7) is 3.98. The Morgan fingerprint density at radius 1 is 1.21 bits per heavy atom. The SMILES string of the molecule is COc1ccc(N(C(C)C(=O)NCCOc2ccc(C)cc2)S(C)(=O)=O)cc1Cl. The van der Waals surface area contributed by atoms with Crippen LogP contribution in [0.3, 0.4) is 0 Å². The van der Waals surface area contributed by atoms with Crippen molar-refractivity contribution in [1.82, 2.24) is 5.32 Å². The van der Waals surface area contributed by atoms with E-state index in [0.29, 0.717) is 11.5 Å². The van der Waals surface area contributed by atoms with Gasteiger partial charge in [-0.15, -0.1) is 0 Å². The van der Waals surface area contributed by atoms with Crippen LogP contribution in [-0.2, 0) is 14.8 Å². The molecule has 0 aliphatic heterocycles. The summed E-state index contributed by atoms with van der Waals surface area (Å²) in [5.74, 6) is 0.660. The number of nitrogens with one attached hydrogen (secondary N) is 1. The number of carbonyl (C=O) groups excluding carboxylic acids is 1. The second-order valence-electron chi connectivity index (χ2n) is 6.51. The molecule has 2 rings (SSSR count). The van der Waals surface area contributed by atoms with Crippen molar-refractivity contribution in [2.24, 2.45) is 0 Å². The number of benzene rings is 2. The number of sulfonamides is 1. The van der Waals surface area contributed by atoms with Crippen LogP contribution in [0.15, 0.2) is 42.5 Å². The number of rotatable bonds is 9. The van der Waals surface area contributed by atoms with Gasteiger partial charge in [0.05, 0.1) is 30.6 Å². The molecule has 0 aliphatic rings. The third-order valence-electron chi connectivity index (χ3n) is 4.17. The summed E-state index contributed by atoms with van der Waals surface area (Å²) in [5.41, 5.74) is 1.40. The number of carbonyl (C=O) groups is 1. The Balaban J connectivity index is 2.03. The van der Waals surface area contributed by atoms with Crippen molar-refractivity contribution >= 4 is 33.2 Å². The van der Waals surface area contributed by atoms with Gasteiger partial charge in [0, 0.05) is 0 Å². The topological polar surface area (TPSA) is 84.9 Å². The molecule has 0 spiro atoms. The summed E-state index contributed by atoms with van der Waals surface area (Å²) in [5, 5.41) is 2.94. The minimum Gasteiger partial charge on any atom is -0.495 e. The van der Waals surface area contributed by atoms with Gasteiger partial charge in [-0.2, -0.15) is 0 Å². The monoisotopic (exact) mass is 440 g/mol. The molecule has 1 N–H and O–H groups in total. The Hall–Kier alpha value is -2.45. The quantitative estimate of drug-likeness (QED) is 0.606. The molecule has 0 radical (unpaired) electrons. The summed E-state index contributed by atoms with van der Waals surface area (Å²) in [6.07, 6.45) is 1.04. The van der Waals surface area contributed by atoms with E-state index in [2.05, 4.69) is 5.32 Å². The van der Waals surface area contributed by atoms with Crippen molar-refractivity contribution in [1.29, 1.82) is 0 Å². The van der Waals surface area contributed by atoms with E-state index in [4.69, 9.17) is 21.1 Å². The number of hydrogen-bond donors (Lipinski definition) is 1. The molecule has 0 aliphatic carbocycles. The highest BCUT2D eigenvalue weighted by molar-refractivity contribution is 7.92. The fourth-order valence-electron chi connectivity index (χ4n) is 2.73. The van der Waals surface area contributed by atoms with Crippen LogP contribution in [0.25, 0.3) is 0 Å². The van der Waals surface area contributed by atoms with Crippen LogP contribution in [0, 0.1) is 6.92 Å². The lowest BCUT2D eigenvalue weighted by molar-refractivity contribution is -0.121. The fraction of sp³-hybridized carbons (Fsp3) is 0.350. The molecule has 158 valence electrons. The molecule has 1 amide bonds. The second-order valence-corrected chi connectivity index (χ2v) is 8.77. The van der Waals surface area contributed by atoms with Gasteiger partial charge in [-0.3, -0.25) is 9.10 Å². The Bertz CT molecular complexity index is 948. The van der Waals surface area contributed by atoms with E-state index in [9.17, 15) is 13.2 Å². The number of amides is 1. The lowest BCUT2D eigenvalue weighted by Crippen LogP contribution is -2.48. The normalized spacial score (nSPS) is 12.2. The number of ether oxygens (including phenoxy) is 2. The van der Waals surface area contributed by atoms with Crippen LogP contribution >= 0.6 is 11.6 Å². The van der Waals surface area contributed by atoms with Crippen LogP contribution in [0.5, 0.6) is 11.5 Å². The van der Waals surface area contributed by atoms with Crippen molar-refractivity contribution in [3.63, 3.8) is 0 Å². The molecule has 29 heavy (non-hydrogen) atoms. The van der Waals surface area contributed by atoms with E-state index in [0.717, 1.165) is 16.1 Å². The average molecular weight is 441 g/mol. The molecule has 7 nitrogen and oxygen atoms in total. The molecule has 0 heterocycles. The van der Waals surface area contributed by atoms with Crippen molar-refractivity contribution in [2.45, 2.75) is 19.9 Å². The zero-order chi connectivity index (χ0) is 21.6. The molecule has 0 aromatic heterocycles. The van der Waals surface area contributed by atoms with Crippen LogP contribution in [-0.4, -0.2) is 46.9 Å². The predicted octanol–water partition coefficient (Wildman–Crippen LogP) is 3.01. The molecule has 1 atom stereocenters. The first kappa shape index (κ1) is 22.8. The minimum atomic E-state index is -3.73. The summed E-state index contributed by atoms with van der Waals surface area (Å²) in [6, 6.07) is 11.1. The smallest absolute Gasteiger partial charge is 0.243 e. The van der Waals surface area contributed by atoms with Gasteiger partial charge in [0.15, 0.2) is 0 Å². The number of hydrogen-bond acceptors (Lipinski definition) is 5. The first-order chi connectivity index (χ1) is 13.6. The summed E-state index contributed by atoms with van der Waals surface area (Å²) in [4.78, 5) is 12.5. The van der Waals surface area contributed by atoms with Gasteiger partial charge in [-0.25, -0.2) is 8.42 Å². The van der Waals surface area contributed by atoms with Gasteiger partial charge in [-0.05, 0) is 44.2 Å². The van der Waals surface area contributed by atoms with Gasteiger partial charge in [0.1, 0.15) is 24.1 Å². The summed E-state index contributed by atoms with van der Waals surface area (Å²) in [7, 11) is -2.27. The van der Waals surface area contributed by atoms with Gasteiger partial charge in [-0.1, -0.05) is 29.3 Å². The highest BCUT2D eigenvalue weighted by Crippen LogP contribution is 2.31. The molecule has 0 fully saturated rings. The summed E-state index contributed by atoms with van der Waals surface area (Å²) < 4.78 is 36.3. The summed E-state index contributed by atoms with van der Waals surface area (Å²) >= 11 is 6.11. The number of aryl methyl sites for hydroxylation is 1. The van der Waals surface area contributed by atoms with Crippen LogP contribution < -0.4 is 19.1 Å². The lowest BCUT2D eigenvalue weighted by Gasteiger charge is -2.28. The molecular weight excluding hydrogens is 416 g/mol. The lowest BCUT2D eigenvalue weighted by atomic mass is 10.2. The molecule has 2 aromatic rings. The van der Waals surface area contributed by atoms with Crippen LogP contribution in [0.2, 0.25) is 5.02 Å².